The maximum Gasteiger partial charge on any atom is 0.299 e. The molecular formula is C17H22N4OS. The zero-order chi connectivity index (χ0) is 16.6. The Labute approximate surface area is 140 Å². The van der Waals surface area contributed by atoms with E-state index >= 15 is 0 Å². The summed E-state index contributed by atoms with van der Waals surface area (Å²) in [6.45, 7) is 9.67. The van der Waals surface area contributed by atoms with E-state index in [9.17, 15) is 4.79 Å². The minimum atomic E-state index is -0.329. The molecule has 0 saturated heterocycles. The SMILES string of the molecule is Cc1c(C(C)(C)C)sc(=NC(=O)c2cnccn2)n1CC1CC1. The van der Waals surface area contributed by atoms with Crippen molar-refractivity contribution in [2.24, 2.45) is 10.9 Å². The quantitative estimate of drug-likeness (QED) is 0.869. The van der Waals surface area contributed by atoms with Crippen LogP contribution < -0.4 is 4.80 Å². The Morgan fingerprint density at radius 1 is 1.39 bits per heavy atom. The molecule has 122 valence electrons. The van der Waals surface area contributed by atoms with E-state index < -0.39 is 0 Å². The van der Waals surface area contributed by atoms with Crippen LogP contribution in [0.3, 0.4) is 0 Å². The minimum absolute atomic E-state index is 0.0451. The van der Waals surface area contributed by atoms with E-state index in [-0.39, 0.29) is 17.0 Å². The summed E-state index contributed by atoms with van der Waals surface area (Å²) in [5, 5.41) is 0. The topological polar surface area (TPSA) is 60.1 Å². The van der Waals surface area contributed by atoms with E-state index in [2.05, 4.69) is 47.2 Å². The molecule has 1 amide bonds. The lowest BCUT2D eigenvalue weighted by Crippen LogP contribution is -2.20. The fourth-order valence-corrected chi connectivity index (χ4v) is 3.79. The summed E-state index contributed by atoms with van der Waals surface area (Å²) in [4.78, 5) is 26.8. The molecule has 0 aliphatic heterocycles. The van der Waals surface area contributed by atoms with Crippen molar-refractivity contribution in [3.05, 3.63) is 39.7 Å². The fraction of sp³-hybridized carbons (Fsp3) is 0.529. The first-order valence-corrected chi connectivity index (χ1v) is 8.73. The van der Waals surface area contributed by atoms with Gasteiger partial charge in [-0.2, -0.15) is 4.99 Å². The van der Waals surface area contributed by atoms with Crippen molar-refractivity contribution < 1.29 is 4.79 Å². The lowest BCUT2D eigenvalue weighted by molar-refractivity contribution is 0.0992. The molecule has 0 atom stereocenters. The number of aromatic nitrogens is 3. The number of hydrogen-bond acceptors (Lipinski definition) is 4. The molecule has 1 saturated carbocycles. The average molecular weight is 330 g/mol. The number of nitrogens with zero attached hydrogens (tertiary/aromatic N) is 4. The third-order valence-electron chi connectivity index (χ3n) is 3.96. The van der Waals surface area contributed by atoms with Crippen molar-refractivity contribution in [2.75, 3.05) is 0 Å². The maximum absolute atomic E-state index is 12.4. The average Bonchev–Trinajstić information content (AvgIpc) is 3.26. The number of hydrogen-bond donors (Lipinski definition) is 0. The van der Waals surface area contributed by atoms with Crippen molar-refractivity contribution in [3.8, 4) is 0 Å². The second kappa shape index (κ2) is 6.00. The molecule has 1 aliphatic rings. The van der Waals surface area contributed by atoms with Crippen molar-refractivity contribution >= 4 is 17.2 Å². The van der Waals surface area contributed by atoms with Gasteiger partial charge in [-0.15, -0.1) is 11.3 Å². The molecule has 0 spiro atoms. The molecule has 2 heterocycles. The summed E-state index contributed by atoms with van der Waals surface area (Å²) in [5.74, 6) is 0.394. The smallest absolute Gasteiger partial charge is 0.299 e. The van der Waals surface area contributed by atoms with Crippen LogP contribution in [0.5, 0.6) is 0 Å². The first-order valence-electron chi connectivity index (χ1n) is 7.92. The molecule has 0 bridgehead atoms. The van der Waals surface area contributed by atoms with Gasteiger partial charge in [0.1, 0.15) is 5.69 Å². The Morgan fingerprint density at radius 2 is 2.13 bits per heavy atom. The molecule has 5 nitrogen and oxygen atoms in total. The second-order valence-electron chi connectivity index (χ2n) is 7.11. The number of rotatable bonds is 3. The van der Waals surface area contributed by atoms with Crippen LogP contribution in [0.15, 0.2) is 23.6 Å². The highest BCUT2D eigenvalue weighted by Gasteiger charge is 2.27. The van der Waals surface area contributed by atoms with Gasteiger partial charge in [0.2, 0.25) is 0 Å². The molecule has 0 N–H and O–H groups in total. The van der Waals surface area contributed by atoms with Gasteiger partial charge in [0.05, 0.1) is 6.20 Å². The summed E-state index contributed by atoms with van der Waals surface area (Å²) in [6.07, 6.45) is 7.07. The molecular weight excluding hydrogens is 308 g/mol. The Morgan fingerprint density at radius 3 is 2.70 bits per heavy atom. The van der Waals surface area contributed by atoms with E-state index in [0.29, 0.717) is 0 Å². The van der Waals surface area contributed by atoms with Crippen LogP contribution in [-0.4, -0.2) is 20.4 Å². The third kappa shape index (κ3) is 3.58. The number of carbonyl (C=O) groups excluding carboxylic acids is 1. The fourth-order valence-electron chi connectivity index (χ4n) is 2.59. The summed E-state index contributed by atoms with van der Waals surface area (Å²) in [5.41, 5.74) is 1.55. The molecule has 2 aromatic rings. The van der Waals surface area contributed by atoms with Gasteiger partial charge >= 0.3 is 0 Å². The van der Waals surface area contributed by atoms with Crippen LogP contribution in [0.4, 0.5) is 0 Å². The van der Waals surface area contributed by atoms with Gasteiger partial charge in [0.25, 0.3) is 5.91 Å². The Hall–Kier alpha value is -1.82. The van der Waals surface area contributed by atoms with Gasteiger partial charge in [-0.3, -0.25) is 9.78 Å². The number of amides is 1. The van der Waals surface area contributed by atoms with Crippen LogP contribution in [0.1, 0.15) is 54.7 Å². The number of thiazole rings is 1. The molecule has 6 heteroatoms. The first-order chi connectivity index (χ1) is 10.9. The highest BCUT2D eigenvalue weighted by Crippen LogP contribution is 2.33. The van der Waals surface area contributed by atoms with Gasteiger partial charge in [-0.25, -0.2) is 4.98 Å². The summed E-state index contributed by atoms with van der Waals surface area (Å²) in [6, 6.07) is 0. The molecule has 1 aliphatic carbocycles. The van der Waals surface area contributed by atoms with Gasteiger partial charge in [-0.1, -0.05) is 20.8 Å². The summed E-state index contributed by atoms with van der Waals surface area (Å²) < 4.78 is 2.21. The van der Waals surface area contributed by atoms with E-state index in [4.69, 9.17) is 0 Å². The van der Waals surface area contributed by atoms with E-state index in [1.807, 2.05) is 0 Å². The molecule has 3 rings (SSSR count). The largest absolute Gasteiger partial charge is 0.320 e. The van der Waals surface area contributed by atoms with Crippen LogP contribution in [0.2, 0.25) is 0 Å². The molecule has 23 heavy (non-hydrogen) atoms. The van der Waals surface area contributed by atoms with Gasteiger partial charge in [0.15, 0.2) is 4.80 Å². The Kier molecular flexibility index (Phi) is 4.19. The van der Waals surface area contributed by atoms with E-state index in [0.717, 1.165) is 17.3 Å². The second-order valence-corrected chi connectivity index (χ2v) is 8.09. The lowest BCUT2D eigenvalue weighted by Gasteiger charge is -2.17. The Bertz CT molecular complexity index is 779. The highest BCUT2D eigenvalue weighted by molar-refractivity contribution is 7.09. The van der Waals surface area contributed by atoms with E-state index in [1.165, 1.54) is 35.8 Å². The predicted molar refractivity (Wildman–Crippen MR) is 90.4 cm³/mol. The lowest BCUT2D eigenvalue weighted by atomic mass is 9.93. The first kappa shape index (κ1) is 16.1. The standard InChI is InChI=1S/C17H22N4OS/c1-11-14(17(2,3)4)23-16(21(11)10-12-5-6-12)20-15(22)13-9-18-7-8-19-13/h7-9,12H,5-6,10H2,1-4H3. The highest BCUT2D eigenvalue weighted by atomic mass is 32.1. The minimum Gasteiger partial charge on any atom is -0.320 e. The molecule has 1 fully saturated rings. The zero-order valence-electron chi connectivity index (χ0n) is 14.0. The molecule has 0 aromatic carbocycles. The van der Waals surface area contributed by atoms with Crippen LogP contribution in [0.25, 0.3) is 0 Å². The zero-order valence-corrected chi connectivity index (χ0v) is 14.9. The molecule has 0 radical (unpaired) electrons. The molecule has 2 aromatic heterocycles. The van der Waals surface area contributed by atoms with Crippen molar-refractivity contribution in [1.29, 1.82) is 0 Å². The van der Waals surface area contributed by atoms with Crippen molar-refractivity contribution in [3.63, 3.8) is 0 Å². The number of carbonyl (C=O) groups is 1. The van der Waals surface area contributed by atoms with Gasteiger partial charge in [0, 0.05) is 29.5 Å². The predicted octanol–water partition coefficient (Wildman–Crippen LogP) is 3.10. The Balaban J connectivity index is 2.06. The summed E-state index contributed by atoms with van der Waals surface area (Å²) >= 11 is 1.61. The van der Waals surface area contributed by atoms with Crippen LogP contribution in [-0.2, 0) is 12.0 Å². The maximum atomic E-state index is 12.4. The van der Waals surface area contributed by atoms with Crippen molar-refractivity contribution in [1.82, 2.24) is 14.5 Å². The van der Waals surface area contributed by atoms with Gasteiger partial charge < -0.3 is 4.57 Å². The third-order valence-corrected chi connectivity index (χ3v) is 5.56. The van der Waals surface area contributed by atoms with Crippen molar-refractivity contribution in [2.45, 2.75) is 52.5 Å². The normalized spacial score (nSPS) is 15.9. The van der Waals surface area contributed by atoms with Crippen LogP contribution >= 0.6 is 11.3 Å². The monoisotopic (exact) mass is 330 g/mol. The van der Waals surface area contributed by atoms with Gasteiger partial charge in [-0.05, 0) is 31.1 Å². The van der Waals surface area contributed by atoms with Crippen LogP contribution in [0, 0.1) is 12.8 Å². The molecule has 0 unspecified atom stereocenters. The summed E-state index contributed by atoms with van der Waals surface area (Å²) in [7, 11) is 0. The van der Waals surface area contributed by atoms with E-state index in [1.54, 1.807) is 17.5 Å².